The number of halogens is 4. The average molecular weight is 441 g/mol. The van der Waals surface area contributed by atoms with E-state index in [0.717, 1.165) is 5.56 Å². The fourth-order valence-electron chi connectivity index (χ4n) is 2.82. The maximum atomic E-state index is 12.9. The number of fused-ring (bicyclic) bond motifs is 1. The predicted octanol–water partition coefficient (Wildman–Crippen LogP) is 3.51. The zero-order valence-corrected chi connectivity index (χ0v) is 16.7. The van der Waals surface area contributed by atoms with Crippen LogP contribution < -0.4 is 15.5 Å². The molecule has 0 fully saturated rings. The lowest BCUT2D eigenvalue weighted by atomic mass is 10.0. The van der Waals surface area contributed by atoms with Crippen molar-refractivity contribution in [3.05, 3.63) is 64.7 Å². The Labute approximate surface area is 175 Å². The molecule has 2 aromatic carbocycles. The van der Waals surface area contributed by atoms with Crippen LogP contribution in [0.1, 0.15) is 11.1 Å². The molecule has 0 saturated carbocycles. The summed E-state index contributed by atoms with van der Waals surface area (Å²) in [6, 6.07) is 14.1. The second-order valence-electron chi connectivity index (χ2n) is 6.25. The number of benzene rings is 2. The number of nitrogens with zero attached hydrogens (tertiary/aromatic N) is 2. The summed E-state index contributed by atoms with van der Waals surface area (Å²) in [5, 5.41) is 4.75. The minimum Gasteiger partial charge on any atom is -0.354 e. The van der Waals surface area contributed by atoms with Gasteiger partial charge in [0, 0.05) is 23.2 Å². The van der Waals surface area contributed by atoms with Crippen molar-refractivity contribution >= 4 is 46.2 Å². The smallest absolute Gasteiger partial charge is 0.354 e. The number of hydrogen-bond donors (Lipinski definition) is 2. The van der Waals surface area contributed by atoms with Crippen molar-refractivity contribution < 1.29 is 18.0 Å². The molecular weight excluding hydrogens is 425 g/mol. The van der Waals surface area contributed by atoms with Crippen molar-refractivity contribution in [2.45, 2.75) is 12.3 Å². The molecule has 0 spiro atoms. The second kappa shape index (κ2) is 8.38. The summed E-state index contributed by atoms with van der Waals surface area (Å²) in [6.07, 6.45) is -5.66. The van der Waals surface area contributed by atoms with E-state index in [1.54, 1.807) is 25.2 Å². The Kier molecular flexibility index (Phi) is 6.09. The number of hydrogen-bond acceptors (Lipinski definition) is 3. The summed E-state index contributed by atoms with van der Waals surface area (Å²) in [5.41, 5.74) is 2.38. The van der Waals surface area contributed by atoms with Crippen molar-refractivity contribution in [3.8, 4) is 0 Å². The van der Waals surface area contributed by atoms with Gasteiger partial charge in [0.2, 0.25) is 6.17 Å². The van der Waals surface area contributed by atoms with Crippen LogP contribution in [0.4, 0.5) is 18.9 Å². The van der Waals surface area contributed by atoms with Crippen molar-refractivity contribution in [2.24, 2.45) is 4.99 Å². The molecule has 1 amide bonds. The third-order valence-electron chi connectivity index (χ3n) is 4.16. The lowest BCUT2D eigenvalue weighted by molar-refractivity contribution is -0.122. The van der Waals surface area contributed by atoms with Gasteiger partial charge in [-0.15, -0.1) is 0 Å². The van der Waals surface area contributed by atoms with Crippen molar-refractivity contribution in [1.29, 1.82) is 0 Å². The quantitative estimate of drug-likeness (QED) is 0.717. The summed E-state index contributed by atoms with van der Waals surface area (Å²) in [5.74, 6) is -0.476. The maximum absolute atomic E-state index is 12.9. The highest BCUT2D eigenvalue weighted by molar-refractivity contribution is 7.80. The molecule has 29 heavy (non-hydrogen) atoms. The van der Waals surface area contributed by atoms with E-state index in [0.29, 0.717) is 22.0 Å². The maximum Gasteiger partial charge on any atom is 0.405 e. The second-order valence-corrected chi connectivity index (χ2v) is 7.09. The number of aliphatic imine (C=N–C) groups is 1. The van der Waals surface area contributed by atoms with Crippen LogP contribution >= 0.6 is 23.8 Å². The third-order valence-corrected chi connectivity index (χ3v) is 4.66. The normalized spacial score (nSPS) is 16.6. The first-order valence-electron chi connectivity index (χ1n) is 8.47. The van der Waals surface area contributed by atoms with Crippen LogP contribution in [0.5, 0.6) is 0 Å². The molecular formula is C19H16ClF3N4OS. The topological polar surface area (TPSA) is 56.7 Å². The van der Waals surface area contributed by atoms with E-state index in [4.69, 9.17) is 23.8 Å². The molecule has 0 aromatic heterocycles. The van der Waals surface area contributed by atoms with E-state index in [1.807, 2.05) is 35.6 Å². The first-order chi connectivity index (χ1) is 13.7. The van der Waals surface area contributed by atoms with Gasteiger partial charge < -0.3 is 15.5 Å². The fourth-order valence-corrected chi connectivity index (χ4v) is 3.18. The SMILES string of the molecule is CN1C(=O)C(NC(=S)NCC(F)(F)F)N=C(c2ccccc2)c2cc(Cl)ccc21. The van der Waals surface area contributed by atoms with Gasteiger partial charge in [0.1, 0.15) is 6.54 Å². The molecule has 1 aliphatic heterocycles. The third kappa shape index (κ3) is 5.04. The van der Waals surface area contributed by atoms with Crippen LogP contribution in [0.25, 0.3) is 0 Å². The molecule has 1 heterocycles. The summed E-state index contributed by atoms with van der Waals surface area (Å²) >= 11 is 11.1. The Morgan fingerprint density at radius 1 is 1.24 bits per heavy atom. The summed E-state index contributed by atoms with van der Waals surface area (Å²) in [4.78, 5) is 18.8. The Balaban J connectivity index is 2.01. The van der Waals surface area contributed by atoms with Crippen LogP contribution in [-0.4, -0.2) is 42.7 Å². The van der Waals surface area contributed by atoms with Gasteiger partial charge in [0.15, 0.2) is 5.11 Å². The molecule has 152 valence electrons. The Morgan fingerprint density at radius 2 is 1.93 bits per heavy atom. The number of nitrogens with one attached hydrogen (secondary N) is 2. The summed E-state index contributed by atoms with van der Waals surface area (Å²) in [6.45, 7) is -1.32. The minimum absolute atomic E-state index is 0.325. The highest BCUT2D eigenvalue weighted by Crippen LogP contribution is 2.29. The number of alkyl halides is 3. The number of likely N-dealkylation sites (N-methyl/N-ethyl adjacent to an activating group) is 1. The van der Waals surface area contributed by atoms with Gasteiger partial charge in [-0.25, -0.2) is 4.99 Å². The van der Waals surface area contributed by atoms with Crippen LogP contribution in [-0.2, 0) is 4.79 Å². The monoisotopic (exact) mass is 440 g/mol. The molecule has 2 aromatic rings. The highest BCUT2D eigenvalue weighted by atomic mass is 35.5. The minimum atomic E-state index is -4.44. The molecule has 1 unspecified atom stereocenters. The zero-order chi connectivity index (χ0) is 21.2. The number of benzodiazepines with no additional fused rings is 1. The number of carbonyl (C=O) groups excluding carboxylic acids is 1. The van der Waals surface area contributed by atoms with Crippen LogP contribution in [0.15, 0.2) is 53.5 Å². The molecule has 3 rings (SSSR count). The van der Waals surface area contributed by atoms with Crippen LogP contribution in [0.2, 0.25) is 5.02 Å². The van der Waals surface area contributed by atoms with Gasteiger partial charge in [-0.2, -0.15) is 13.2 Å². The molecule has 0 radical (unpaired) electrons. The molecule has 0 aliphatic carbocycles. The van der Waals surface area contributed by atoms with Crippen LogP contribution in [0, 0.1) is 0 Å². The zero-order valence-electron chi connectivity index (χ0n) is 15.1. The first-order valence-corrected chi connectivity index (χ1v) is 9.26. The number of carbonyl (C=O) groups is 1. The first kappa shape index (κ1) is 21.1. The summed E-state index contributed by atoms with van der Waals surface area (Å²) < 4.78 is 37.3. The lowest BCUT2D eigenvalue weighted by Crippen LogP contribution is -2.50. The van der Waals surface area contributed by atoms with E-state index < -0.39 is 24.8 Å². The van der Waals surface area contributed by atoms with Crippen LogP contribution in [0.3, 0.4) is 0 Å². The van der Waals surface area contributed by atoms with Gasteiger partial charge in [-0.1, -0.05) is 41.9 Å². The number of rotatable bonds is 3. The van der Waals surface area contributed by atoms with Gasteiger partial charge in [0.25, 0.3) is 5.91 Å². The fraction of sp³-hybridized carbons (Fsp3) is 0.211. The van der Waals surface area contributed by atoms with Crippen molar-refractivity contribution in [3.63, 3.8) is 0 Å². The number of anilines is 1. The number of amides is 1. The van der Waals surface area contributed by atoms with E-state index in [9.17, 15) is 18.0 Å². The predicted molar refractivity (Wildman–Crippen MR) is 111 cm³/mol. The lowest BCUT2D eigenvalue weighted by Gasteiger charge is -2.22. The van der Waals surface area contributed by atoms with Gasteiger partial charge in [-0.3, -0.25) is 4.79 Å². The van der Waals surface area contributed by atoms with E-state index in [-0.39, 0.29) is 5.11 Å². The largest absolute Gasteiger partial charge is 0.405 e. The molecule has 0 bridgehead atoms. The van der Waals surface area contributed by atoms with E-state index in [1.165, 1.54) is 4.90 Å². The Morgan fingerprint density at radius 3 is 2.59 bits per heavy atom. The molecule has 5 nitrogen and oxygen atoms in total. The molecule has 2 N–H and O–H groups in total. The average Bonchev–Trinajstić information content (AvgIpc) is 2.77. The van der Waals surface area contributed by atoms with Gasteiger partial charge >= 0.3 is 6.18 Å². The van der Waals surface area contributed by atoms with Crippen molar-refractivity contribution in [2.75, 3.05) is 18.5 Å². The molecule has 1 atom stereocenters. The van der Waals surface area contributed by atoms with Gasteiger partial charge in [0.05, 0.1) is 11.4 Å². The van der Waals surface area contributed by atoms with Gasteiger partial charge in [-0.05, 0) is 30.4 Å². The Hall–Kier alpha value is -2.65. The molecule has 1 aliphatic rings. The summed E-state index contributed by atoms with van der Waals surface area (Å²) in [7, 11) is 1.55. The molecule has 0 saturated heterocycles. The standard InChI is InChI=1S/C19H16ClF3N4OS/c1-27-14-8-7-12(20)9-13(14)15(11-5-3-2-4-6-11)25-16(17(27)28)26-18(29)24-10-19(21,22)23/h2-9,16H,10H2,1H3,(H2,24,26,29). The Bertz CT molecular complexity index is 966. The highest BCUT2D eigenvalue weighted by Gasteiger charge is 2.32. The van der Waals surface area contributed by atoms with E-state index in [2.05, 4.69) is 10.3 Å². The number of thiocarbonyl (C=S) groups is 1. The van der Waals surface area contributed by atoms with Crippen molar-refractivity contribution in [1.82, 2.24) is 10.6 Å². The molecule has 10 heteroatoms. The van der Waals surface area contributed by atoms with E-state index >= 15 is 0 Å².